The molecule has 0 aliphatic rings. The number of halogens is 2. The highest BCUT2D eigenvalue weighted by Crippen LogP contribution is 2.19. The van der Waals surface area contributed by atoms with Crippen LogP contribution in [0.3, 0.4) is 0 Å². The van der Waals surface area contributed by atoms with E-state index in [4.69, 9.17) is 0 Å². The maximum atomic E-state index is 13.5. The molecule has 0 atom stereocenters. The molecular formula is C16H25F2N. The van der Waals surface area contributed by atoms with E-state index in [1.165, 1.54) is 50.7 Å². The zero-order valence-electron chi connectivity index (χ0n) is 12.1. The highest BCUT2D eigenvalue weighted by atomic mass is 19.1. The van der Waals surface area contributed by atoms with Gasteiger partial charge in [-0.3, -0.25) is 0 Å². The number of nitrogens with zero attached hydrogens (tertiary/aromatic N) is 1. The lowest BCUT2D eigenvalue weighted by Crippen LogP contribution is -2.19. The lowest BCUT2D eigenvalue weighted by molar-refractivity contribution is 0.572. The first-order valence-corrected chi connectivity index (χ1v) is 7.31. The van der Waals surface area contributed by atoms with Crippen molar-refractivity contribution in [1.29, 1.82) is 0 Å². The van der Waals surface area contributed by atoms with E-state index in [1.807, 2.05) is 11.9 Å². The fraction of sp³-hybridized carbons (Fsp3) is 0.625. The molecule has 0 aliphatic carbocycles. The Kier molecular flexibility index (Phi) is 7.46. The largest absolute Gasteiger partial charge is 0.372 e. The van der Waals surface area contributed by atoms with Crippen molar-refractivity contribution in [2.24, 2.45) is 0 Å². The molecule has 0 unspecified atom stereocenters. The molecule has 19 heavy (non-hydrogen) atoms. The van der Waals surface area contributed by atoms with Gasteiger partial charge in [0.25, 0.3) is 0 Å². The Hall–Kier alpha value is -1.12. The minimum Gasteiger partial charge on any atom is -0.372 e. The fourth-order valence-electron chi connectivity index (χ4n) is 2.22. The summed E-state index contributed by atoms with van der Waals surface area (Å²) < 4.78 is 26.3. The van der Waals surface area contributed by atoms with E-state index < -0.39 is 11.6 Å². The SMILES string of the molecule is CCCCCCCCCN(C)c1ccc(F)cc1F. The van der Waals surface area contributed by atoms with Gasteiger partial charge in [-0.1, -0.05) is 45.4 Å². The minimum atomic E-state index is -0.523. The number of benzene rings is 1. The predicted molar refractivity (Wildman–Crippen MR) is 77.6 cm³/mol. The van der Waals surface area contributed by atoms with E-state index in [0.717, 1.165) is 19.0 Å². The number of unbranched alkanes of at least 4 members (excludes halogenated alkanes) is 6. The molecule has 108 valence electrons. The van der Waals surface area contributed by atoms with Crippen molar-refractivity contribution in [3.05, 3.63) is 29.8 Å². The lowest BCUT2D eigenvalue weighted by Gasteiger charge is -2.19. The first-order chi connectivity index (χ1) is 9.15. The molecule has 1 aromatic carbocycles. The Balaban J connectivity index is 2.22. The molecule has 0 aliphatic heterocycles. The molecule has 0 aromatic heterocycles. The van der Waals surface area contributed by atoms with Crippen LogP contribution in [0.1, 0.15) is 51.9 Å². The van der Waals surface area contributed by atoms with Crippen LogP contribution in [0.15, 0.2) is 18.2 Å². The summed E-state index contributed by atoms with van der Waals surface area (Å²) in [4.78, 5) is 1.86. The zero-order chi connectivity index (χ0) is 14.1. The Morgan fingerprint density at radius 1 is 0.947 bits per heavy atom. The molecule has 1 nitrogen and oxygen atoms in total. The van der Waals surface area contributed by atoms with Crippen LogP contribution in [0.4, 0.5) is 14.5 Å². The Morgan fingerprint density at radius 3 is 2.21 bits per heavy atom. The summed E-state index contributed by atoms with van der Waals surface area (Å²) >= 11 is 0. The molecule has 0 saturated heterocycles. The Morgan fingerprint density at radius 2 is 1.58 bits per heavy atom. The molecule has 0 N–H and O–H groups in total. The molecule has 0 fully saturated rings. The normalized spacial score (nSPS) is 10.7. The highest BCUT2D eigenvalue weighted by molar-refractivity contribution is 5.46. The van der Waals surface area contributed by atoms with Crippen LogP contribution in [0.5, 0.6) is 0 Å². The number of anilines is 1. The van der Waals surface area contributed by atoms with Gasteiger partial charge >= 0.3 is 0 Å². The summed E-state index contributed by atoms with van der Waals surface area (Å²) in [7, 11) is 1.85. The summed E-state index contributed by atoms with van der Waals surface area (Å²) in [6.45, 7) is 3.03. The van der Waals surface area contributed by atoms with Crippen LogP contribution < -0.4 is 4.90 Å². The first kappa shape index (κ1) is 15.9. The van der Waals surface area contributed by atoms with E-state index in [9.17, 15) is 8.78 Å². The standard InChI is InChI=1S/C16H25F2N/c1-3-4-5-6-7-8-9-12-19(2)16-11-10-14(17)13-15(16)18/h10-11,13H,3-9,12H2,1-2H3. The van der Waals surface area contributed by atoms with Crippen LogP contribution in [0.2, 0.25) is 0 Å². The predicted octanol–water partition coefficient (Wildman–Crippen LogP) is 5.15. The third-order valence-electron chi connectivity index (χ3n) is 3.42. The average Bonchev–Trinajstić information content (AvgIpc) is 2.37. The van der Waals surface area contributed by atoms with Gasteiger partial charge in [-0.2, -0.15) is 0 Å². The van der Waals surface area contributed by atoms with Gasteiger partial charge in [0, 0.05) is 19.7 Å². The van der Waals surface area contributed by atoms with E-state index in [2.05, 4.69) is 6.92 Å². The zero-order valence-corrected chi connectivity index (χ0v) is 12.1. The molecule has 0 spiro atoms. The maximum absolute atomic E-state index is 13.5. The van der Waals surface area contributed by atoms with Gasteiger partial charge in [-0.05, 0) is 18.6 Å². The molecule has 0 saturated carbocycles. The summed E-state index contributed by atoms with van der Waals surface area (Å²) in [5, 5.41) is 0. The van der Waals surface area contributed by atoms with Gasteiger partial charge in [-0.15, -0.1) is 0 Å². The van der Waals surface area contributed by atoms with Crippen molar-refractivity contribution < 1.29 is 8.78 Å². The molecule has 0 radical (unpaired) electrons. The molecule has 0 heterocycles. The summed E-state index contributed by atoms with van der Waals surface area (Å²) in [5.74, 6) is -1.00. The lowest BCUT2D eigenvalue weighted by atomic mass is 10.1. The average molecular weight is 269 g/mol. The van der Waals surface area contributed by atoms with Crippen LogP contribution in [-0.2, 0) is 0 Å². The first-order valence-electron chi connectivity index (χ1n) is 7.31. The quantitative estimate of drug-likeness (QED) is 0.560. The highest BCUT2D eigenvalue weighted by Gasteiger charge is 2.07. The van der Waals surface area contributed by atoms with Crippen molar-refractivity contribution in [3.8, 4) is 0 Å². The molecule has 1 rings (SSSR count). The van der Waals surface area contributed by atoms with Gasteiger partial charge in [0.2, 0.25) is 0 Å². The minimum absolute atomic E-state index is 0.479. The van der Waals surface area contributed by atoms with Gasteiger partial charge in [0.15, 0.2) is 0 Å². The summed E-state index contributed by atoms with van der Waals surface area (Å²) in [5.41, 5.74) is 0.479. The third-order valence-corrected chi connectivity index (χ3v) is 3.42. The Bertz CT molecular complexity index is 366. The fourth-order valence-corrected chi connectivity index (χ4v) is 2.22. The van der Waals surface area contributed by atoms with Crippen LogP contribution in [0, 0.1) is 11.6 Å². The van der Waals surface area contributed by atoms with Crippen molar-refractivity contribution in [2.75, 3.05) is 18.5 Å². The van der Waals surface area contributed by atoms with E-state index in [1.54, 1.807) is 0 Å². The van der Waals surface area contributed by atoms with Crippen molar-refractivity contribution in [2.45, 2.75) is 51.9 Å². The smallest absolute Gasteiger partial charge is 0.149 e. The van der Waals surface area contributed by atoms with Gasteiger partial charge < -0.3 is 4.90 Å². The van der Waals surface area contributed by atoms with Crippen LogP contribution >= 0.6 is 0 Å². The number of rotatable bonds is 9. The van der Waals surface area contributed by atoms with E-state index >= 15 is 0 Å². The summed E-state index contributed by atoms with van der Waals surface area (Å²) in [6.07, 6.45) is 8.69. The molecule has 3 heteroatoms. The molecular weight excluding hydrogens is 244 g/mol. The molecule has 1 aromatic rings. The second-order valence-electron chi connectivity index (χ2n) is 5.14. The molecule has 0 amide bonds. The Labute approximate surface area is 115 Å². The topological polar surface area (TPSA) is 3.24 Å². The van der Waals surface area contributed by atoms with Crippen molar-refractivity contribution in [1.82, 2.24) is 0 Å². The van der Waals surface area contributed by atoms with Gasteiger partial charge in [0.1, 0.15) is 11.6 Å². The third kappa shape index (κ3) is 6.04. The van der Waals surface area contributed by atoms with Crippen LogP contribution in [0.25, 0.3) is 0 Å². The van der Waals surface area contributed by atoms with E-state index in [0.29, 0.717) is 5.69 Å². The number of hydrogen-bond acceptors (Lipinski definition) is 1. The maximum Gasteiger partial charge on any atom is 0.149 e. The van der Waals surface area contributed by atoms with Crippen molar-refractivity contribution in [3.63, 3.8) is 0 Å². The van der Waals surface area contributed by atoms with Gasteiger partial charge in [-0.25, -0.2) is 8.78 Å². The van der Waals surface area contributed by atoms with Crippen LogP contribution in [-0.4, -0.2) is 13.6 Å². The van der Waals surface area contributed by atoms with Crippen molar-refractivity contribution >= 4 is 5.69 Å². The van der Waals surface area contributed by atoms with Gasteiger partial charge in [0.05, 0.1) is 5.69 Å². The monoisotopic (exact) mass is 269 g/mol. The second-order valence-corrected chi connectivity index (χ2v) is 5.14. The second kappa shape index (κ2) is 8.89. The number of hydrogen-bond donors (Lipinski definition) is 0. The van der Waals surface area contributed by atoms with E-state index in [-0.39, 0.29) is 0 Å². The summed E-state index contributed by atoms with van der Waals surface area (Å²) in [6, 6.07) is 3.75. The molecule has 0 bridgehead atoms.